The molecule has 3 heterocycles. The molecule has 0 amide bonds. The zero-order valence-electron chi connectivity index (χ0n) is 32.4. The van der Waals surface area contributed by atoms with Crippen molar-refractivity contribution in [2.45, 2.75) is 5.41 Å². The summed E-state index contributed by atoms with van der Waals surface area (Å²) in [7, 11) is 0. The predicted molar refractivity (Wildman–Crippen MR) is 237 cm³/mol. The largest absolute Gasteiger partial charge is 0.457 e. The van der Waals surface area contributed by atoms with E-state index in [0.717, 1.165) is 72.2 Å². The molecule has 1 aliphatic carbocycles. The lowest BCUT2D eigenvalue weighted by Crippen LogP contribution is -2.32. The van der Waals surface area contributed by atoms with Crippen LogP contribution in [0.15, 0.2) is 182 Å². The number of rotatable bonds is 4. The van der Waals surface area contributed by atoms with Gasteiger partial charge in [0.1, 0.15) is 23.6 Å². The molecular formula is C54H30N6O. The lowest BCUT2D eigenvalue weighted by atomic mass is 9.66. The summed E-state index contributed by atoms with van der Waals surface area (Å²) in [5.41, 5.74) is 11.1. The molecule has 2 aromatic heterocycles. The first-order valence-corrected chi connectivity index (χ1v) is 20.1. The van der Waals surface area contributed by atoms with E-state index in [9.17, 15) is 10.5 Å². The van der Waals surface area contributed by atoms with Crippen LogP contribution < -0.4 is 4.74 Å². The van der Waals surface area contributed by atoms with Crippen molar-refractivity contribution in [1.82, 2.24) is 19.5 Å². The van der Waals surface area contributed by atoms with E-state index in [2.05, 4.69) is 108 Å². The molecule has 1 aliphatic heterocycles. The highest BCUT2D eigenvalue weighted by Crippen LogP contribution is 2.63. The molecular weight excluding hydrogens is 749 g/mol. The second kappa shape index (κ2) is 13.2. The van der Waals surface area contributed by atoms with Crippen molar-refractivity contribution in [3.05, 3.63) is 215 Å². The van der Waals surface area contributed by atoms with Crippen molar-refractivity contribution < 1.29 is 4.74 Å². The molecule has 0 bridgehead atoms. The smallest absolute Gasteiger partial charge is 0.166 e. The molecule has 7 nitrogen and oxygen atoms in total. The molecule has 2 aliphatic rings. The van der Waals surface area contributed by atoms with Gasteiger partial charge in [-0.2, -0.15) is 10.5 Å². The molecule has 8 aromatic carbocycles. The third-order valence-corrected chi connectivity index (χ3v) is 12.2. The monoisotopic (exact) mass is 778 g/mol. The average Bonchev–Trinajstić information content (AvgIpc) is 3.82. The van der Waals surface area contributed by atoms with Crippen LogP contribution in [0.5, 0.6) is 11.5 Å². The SMILES string of the molecule is N#Cc1cc(-n2c3ccccc3c3ccc4c(c32)-c2ccccc2C42c3ccccc3Oc3ccccc32)cc(C#N)c1-c1nc(-c2ccccc2)nc(-c2ccccc2)n1. The highest BCUT2D eigenvalue weighted by molar-refractivity contribution is 6.16. The maximum atomic E-state index is 11.0. The number of fused-ring (bicyclic) bond motifs is 13. The van der Waals surface area contributed by atoms with Gasteiger partial charge in [0.25, 0.3) is 0 Å². The van der Waals surface area contributed by atoms with Gasteiger partial charge in [0.05, 0.1) is 33.1 Å². The molecule has 0 saturated heterocycles. The number of nitrogens with zero attached hydrogens (tertiary/aromatic N) is 6. The first-order valence-electron chi connectivity index (χ1n) is 20.1. The van der Waals surface area contributed by atoms with E-state index in [1.165, 1.54) is 5.56 Å². The van der Waals surface area contributed by atoms with Gasteiger partial charge >= 0.3 is 0 Å². The highest BCUT2D eigenvalue weighted by atomic mass is 16.5. The van der Waals surface area contributed by atoms with Gasteiger partial charge in [0.15, 0.2) is 17.5 Å². The Hall–Kier alpha value is -8.65. The van der Waals surface area contributed by atoms with Crippen molar-refractivity contribution in [1.29, 1.82) is 10.5 Å². The Kier molecular flexibility index (Phi) is 7.44. The normalized spacial score (nSPS) is 12.8. The van der Waals surface area contributed by atoms with Gasteiger partial charge in [-0.05, 0) is 47.0 Å². The fraction of sp³-hybridized carbons (Fsp3) is 0.0185. The average molecular weight is 779 g/mol. The summed E-state index contributed by atoms with van der Waals surface area (Å²) in [6.07, 6.45) is 0. The van der Waals surface area contributed by atoms with Crippen LogP contribution in [0.25, 0.3) is 72.8 Å². The van der Waals surface area contributed by atoms with Crippen LogP contribution in [0.2, 0.25) is 0 Å². The zero-order chi connectivity index (χ0) is 40.7. The second-order valence-electron chi connectivity index (χ2n) is 15.3. The molecule has 0 fully saturated rings. The molecule has 10 aromatic rings. The molecule has 7 heteroatoms. The van der Waals surface area contributed by atoms with Gasteiger partial charge < -0.3 is 9.30 Å². The Bertz CT molecular complexity index is 3400. The highest BCUT2D eigenvalue weighted by Gasteiger charge is 2.51. The molecule has 61 heavy (non-hydrogen) atoms. The van der Waals surface area contributed by atoms with E-state index in [1.807, 2.05) is 91.0 Å². The number of para-hydroxylation sites is 3. The van der Waals surface area contributed by atoms with Gasteiger partial charge in [-0.1, -0.05) is 152 Å². The number of hydrogen-bond acceptors (Lipinski definition) is 6. The fourth-order valence-corrected chi connectivity index (χ4v) is 9.75. The number of ether oxygens (including phenoxy) is 1. The van der Waals surface area contributed by atoms with E-state index < -0.39 is 5.41 Å². The second-order valence-corrected chi connectivity index (χ2v) is 15.3. The third-order valence-electron chi connectivity index (χ3n) is 12.2. The molecule has 0 saturated carbocycles. The summed E-state index contributed by atoms with van der Waals surface area (Å²) in [6, 6.07) is 66.2. The Balaban J connectivity index is 1.16. The minimum atomic E-state index is -0.669. The summed E-state index contributed by atoms with van der Waals surface area (Å²) >= 11 is 0. The van der Waals surface area contributed by atoms with Gasteiger partial charge in [-0.15, -0.1) is 0 Å². The Labute approximate surface area is 350 Å². The quantitative estimate of drug-likeness (QED) is 0.176. The number of aromatic nitrogens is 4. The lowest BCUT2D eigenvalue weighted by molar-refractivity contribution is 0.436. The van der Waals surface area contributed by atoms with E-state index in [-0.39, 0.29) is 17.0 Å². The van der Waals surface area contributed by atoms with Crippen molar-refractivity contribution in [3.63, 3.8) is 0 Å². The van der Waals surface area contributed by atoms with Crippen molar-refractivity contribution in [2.75, 3.05) is 0 Å². The maximum Gasteiger partial charge on any atom is 0.166 e. The fourth-order valence-electron chi connectivity index (χ4n) is 9.75. The molecule has 0 atom stereocenters. The molecule has 0 radical (unpaired) electrons. The first kappa shape index (κ1) is 34.4. The number of benzene rings is 8. The van der Waals surface area contributed by atoms with Crippen molar-refractivity contribution >= 4 is 21.8 Å². The predicted octanol–water partition coefficient (Wildman–Crippen LogP) is 12.2. The number of hydrogen-bond donors (Lipinski definition) is 0. The van der Waals surface area contributed by atoms with Crippen molar-refractivity contribution in [2.24, 2.45) is 0 Å². The Morgan fingerprint density at radius 3 is 1.61 bits per heavy atom. The summed E-state index contributed by atoms with van der Waals surface area (Å²) in [5, 5.41) is 24.1. The zero-order valence-corrected chi connectivity index (χ0v) is 32.4. The lowest BCUT2D eigenvalue weighted by Gasteiger charge is -2.39. The Morgan fingerprint density at radius 1 is 0.459 bits per heavy atom. The summed E-state index contributed by atoms with van der Waals surface area (Å²) < 4.78 is 8.83. The van der Waals surface area contributed by atoms with E-state index in [1.54, 1.807) is 0 Å². The topological polar surface area (TPSA) is 100 Å². The van der Waals surface area contributed by atoms with Crippen LogP contribution >= 0.6 is 0 Å². The molecule has 12 rings (SSSR count). The Morgan fingerprint density at radius 2 is 0.984 bits per heavy atom. The van der Waals surface area contributed by atoms with Crippen LogP contribution in [0.3, 0.4) is 0 Å². The van der Waals surface area contributed by atoms with Crippen LogP contribution in [-0.2, 0) is 5.41 Å². The minimum Gasteiger partial charge on any atom is -0.457 e. The van der Waals surface area contributed by atoms with Gasteiger partial charge in [0, 0.05) is 44.3 Å². The van der Waals surface area contributed by atoms with Crippen LogP contribution in [0.4, 0.5) is 0 Å². The van der Waals surface area contributed by atoms with Crippen LogP contribution in [0.1, 0.15) is 33.4 Å². The van der Waals surface area contributed by atoms with E-state index in [4.69, 9.17) is 19.7 Å². The summed E-state index contributed by atoms with van der Waals surface area (Å²) in [5.74, 6) is 2.79. The maximum absolute atomic E-state index is 11.0. The van der Waals surface area contributed by atoms with Gasteiger partial charge in [0.2, 0.25) is 0 Å². The third kappa shape index (κ3) is 4.86. The van der Waals surface area contributed by atoms with E-state index >= 15 is 0 Å². The molecule has 1 spiro atoms. The molecule has 0 unspecified atom stereocenters. The molecule has 282 valence electrons. The van der Waals surface area contributed by atoms with Gasteiger partial charge in [-0.25, -0.2) is 15.0 Å². The number of nitriles is 2. The molecule has 0 N–H and O–H groups in total. The van der Waals surface area contributed by atoms with Crippen LogP contribution in [0, 0.1) is 22.7 Å². The standard InChI is InChI=1S/C54H30N6O/c55-31-35-29-37(30-36(32-56)48(35)53-58-51(33-15-3-1-4-16-33)57-52(59-53)34-17-5-2-6-18-34)60-45-24-12-8-19-38(45)39-27-28-44-49(50(39)60)40-20-7-9-21-41(40)54(44)42-22-10-13-25-46(42)61-47-26-14-11-23-43(47)54/h1-30H. The first-order chi connectivity index (χ1) is 30.2. The minimum absolute atomic E-state index is 0.253. The summed E-state index contributed by atoms with van der Waals surface area (Å²) in [6.45, 7) is 0. The summed E-state index contributed by atoms with van der Waals surface area (Å²) in [4.78, 5) is 14.7. The van der Waals surface area contributed by atoms with Crippen molar-refractivity contribution in [3.8, 4) is 74.6 Å². The van der Waals surface area contributed by atoms with Crippen LogP contribution in [-0.4, -0.2) is 19.5 Å². The van der Waals surface area contributed by atoms with E-state index in [0.29, 0.717) is 22.9 Å². The van der Waals surface area contributed by atoms with Gasteiger partial charge in [-0.3, -0.25) is 0 Å².